The number of carbonyl (C=O) groups is 2. The lowest BCUT2D eigenvalue weighted by Gasteiger charge is -2.33. The van der Waals surface area contributed by atoms with Crippen LogP contribution in [0, 0.1) is 11.7 Å². The van der Waals surface area contributed by atoms with E-state index in [1.54, 1.807) is 31.2 Å². The number of nitrogens with one attached hydrogen (secondary N) is 1. The van der Waals surface area contributed by atoms with Gasteiger partial charge in [0.1, 0.15) is 24.2 Å². The van der Waals surface area contributed by atoms with Crippen LogP contribution in [0.1, 0.15) is 26.3 Å². The third-order valence-corrected chi connectivity index (χ3v) is 7.28. The zero-order valence-electron chi connectivity index (χ0n) is 21.6. The number of nitrogens with zero attached hydrogens (tertiary/aromatic N) is 3. The quantitative estimate of drug-likeness (QED) is 0.462. The second-order valence-corrected chi connectivity index (χ2v) is 11.0. The van der Waals surface area contributed by atoms with Crippen LogP contribution in [-0.4, -0.2) is 69.8 Å². The first kappa shape index (κ1) is 29.1. The summed E-state index contributed by atoms with van der Waals surface area (Å²) in [6.45, 7) is 5.19. The minimum atomic E-state index is -4.24. The molecule has 0 spiro atoms. The predicted octanol–water partition coefficient (Wildman–Crippen LogP) is 2.64. The Kier molecular flexibility index (Phi) is 10.2. The summed E-state index contributed by atoms with van der Waals surface area (Å²) < 4.78 is 47.7. The van der Waals surface area contributed by atoms with E-state index < -0.39 is 34.5 Å². The van der Waals surface area contributed by atoms with Crippen molar-refractivity contribution in [3.63, 3.8) is 0 Å². The van der Waals surface area contributed by atoms with Gasteiger partial charge in [-0.3, -0.25) is 9.59 Å². The van der Waals surface area contributed by atoms with Gasteiger partial charge >= 0.3 is 10.2 Å². The fourth-order valence-corrected chi connectivity index (χ4v) is 4.42. The van der Waals surface area contributed by atoms with E-state index in [1.807, 2.05) is 13.8 Å². The second-order valence-electron chi connectivity index (χ2n) is 8.94. The lowest BCUT2D eigenvalue weighted by atomic mass is 10.1. The van der Waals surface area contributed by atoms with Crippen LogP contribution in [0.3, 0.4) is 0 Å². The Morgan fingerprint density at radius 3 is 2.31 bits per heavy atom. The van der Waals surface area contributed by atoms with Crippen LogP contribution in [0.5, 0.6) is 5.75 Å². The van der Waals surface area contributed by atoms with E-state index in [4.69, 9.17) is 4.74 Å². The molecule has 0 saturated carbocycles. The highest BCUT2D eigenvalue weighted by atomic mass is 32.2. The van der Waals surface area contributed by atoms with Gasteiger partial charge in [-0.05, 0) is 42.7 Å². The van der Waals surface area contributed by atoms with Crippen molar-refractivity contribution in [2.45, 2.75) is 33.4 Å². The van der Waals surface area contributed by atoms with Crippen LogP contribution in [0.4, 0.5) is 10.1 Å². The molecular formula is C25H35FN4O5S. The summed E-state index contributed by atoms with van der Waals surface area (Å²) in [6.07, 6.45) is 0. The number of hydrogen-bond donors (Lipinski definition) is 1. The van der Waals surface area contributed by atoms with E-state index in [2.05, 4.69) is 5.32 Å². The molecule has 11 heteroatoms. The van der Waals surface area contributed by atoms with Gasteiger partial charge in [0.25, 0.3) is 0 Å². The summed E-state index contributed by atoms with van der Waals surface area (Å²) in [6, 6.07) is 11.4. The summed E-state index contributed by atoms with van der Waals surface area (Å²) in [5.41, 5.74) is 0.414. The fourth-order valence-electron chi connectivity index (χ4n) is 3.36. The number of methoxy groups -OCH3 is 1. The minimum absolute atomic E-state index is 0.0133. The maximum absolute atomic E-state index is 14.7. The molecule has 2 rings (SSSR count). The third-order valence-electron chi connectivity index (χ3n) is 5.48. The summed E-state index contributed by atoms with van der Waals surface area (Å²) in [5.74, 6) is -1.07. The van der Waals surface area contributed by atoms with Crippen LogP contribution < -0.4 is 14.4 Å². The minimum Gasteiger partial charge on any atom is -0.497 e. The standard InChI is InChI=1S/C25H35FN4O5S/c1-18(2)15-27-25(32)19(3)29(16-20-10-9-11-21(14-20)35-6)24(31)17-30(36(33,34)28(4)5)23-13-8-7-12-22(23)26/h7-14,18-19H,15-17H2,1-6H3,(H,27,32)/t19-/m1/s1. The highest BCUT2D eigenvalue weighted by Crippen LogP contribution is 2.24. The molecule has 0 bridgehead atoms. The van der Waals surface area contributed by atoms with Crippen molar-refractivity contribution in [3.8, 4) is 5.75 Å². The molecule has 0 aromatic heterocycles. The molecule has 2 aromatic carbocycles. The third kappa shape index (κ3) is 7.41. The van der Waals surface area contributed by atoms with Crippen LogP contribution in [-0.2, 0) is 26.3 Å². The van der Waals surface area contributed by atoms with E-state index in [0.717, 1.165) is 10.4 Å². The van der Waals surface area contributed by atoms with Gasteiger partial charge in [-0.15, -0.1) is 0 Å². The van der Waals surface area contributed by atoms with Gasteiger partial charge in [-0.25, -0.2) is 8.70 Å². The molecule has 0 aliphatic rings. The molecule has 0 radical (unpaired) electrons. The summed E-state index contributed by atoms with van der Waals surface area (Å²) in [4.78, 5) is 27.8. The number of anilines is 1. The molecule has 2 amide bonds. The lowest BCUT2D eigenvalue weighted by molar-refractivity contribution is -0.139. The first-order chi connectivity index (χ1) is 16.9. The van der Waals surface area contributed by atoms with E-state index in [9.17, 15) is 22.4 Å². The topological polar surface area (TPSA) is 99.3 Å². The van der Waals surface area contributed by atoms with Crippen molar-refractivity contribution in [2.24, 2.45) is 5.92 Å². The van der Waals surface area contributed by atoms with Crippen LogP contribution in [0.15, 0.2) is 48.5 Å². The maximum Gasteiger partial charge on any atom is 0.304 e. The molecule has 1 N–H and O–H groups in total. The van der Waals surface area contributed by atoms with Gasteiger partial charge in [0.05, 0.1) is 12.8 Å². The fraction of sp³-hybridized carbons (Fsp3) is 0.440. The highest BCUT2D eigenvalue weighted by Gasteiger charge is 2.33. The van der Waals surface area contributed by atoms with Gasteiger partial charge in [0.2, 0.25) is 11.8 Å². The summed E-state index contributed by atoms with van der Waals surface area (Å²) >= 11 is 0. The van der Waals surface area contributed by atoms with Crippen molar-refractivity contribution in [3.05, 3.63) is 59.9 Å². The Hall–Kier alpha value is -3.18. The monoisotopic (exact) mass is 522 g/mol. The van der Waals surface area contributed by atoms with Gasteiger partial charge in [0.15, 0.2) is 0 Å². The number of carbonyl (C=O) groups excluding carboxylic acids is 2. The zero-order valence-corrected chi connectivity index (χ0v) is 22.4. The van der Waals surface area contributed by atoms with E-state index >= 15 is 0 Å². The van der Waals surface area contributed by atoms with E-state index in [-0.39, 0.29) is 24.1 Å². The number of para-hydroxylation sites is 1. The van der Waals surface area contributed by atoms with Crippen molar-refractivity contribution in [2.75, 3.05) is 38.6 Å². The average Bonchev–Trinajstić information content (AvgIpc) is 2.84. The molecule has 0 unspecified atom stereocenters. The largest absolute Gasteiger partial charge is 0.497 e. The van der Waals surface area contributed by atoms with Crippen LogP contribution >= 0.6 is 0 Å². The second kappa shape index (κ2) is 12.7. The number of ether oxygens (including phenoxy) is 1. The highest BCUT2D eigenvalue weighted by molar-refractivity contribution is 7.90. The Balaban J connectivity index is 2.46. The Morgan fingerprint density at radius 1 is 1.06 bits per heavy atom. The van der Waals surface area contributed by atoms with Gasteiger partial charge in [-0.1, -0.05) is 38.1 Å². The zero-order chi connectivity index (χ0) is 27.0. The van der Waals surface area contributed by atoms with Crippen molar-refractivity contribution < 1.29 is 27.1 Å². The van der Waals surface area contributed by atoms with Crippen molar-refractivity contribution >= 4 is 27.7 Å². The predicted molar refractivity (Wildman–Crippen MR) is 137 cm³/mol. The Morgan fingerprint density at radius 2 is 1.72 bits per heavy atom. The van der Waals surface area contributed by atoms with Gasteiger partial charge in [0, 0.05) is 27.2 Å². The molecule has 9 nitrogen and oxygen atoms in total. The molecular weight excluding hydrogens is 487 g/mol. The lowest BCUT2D eigenvalue weighted by Crippen LogP contribution is -2.52. The number of hydrogen-bond acceptors (Lipinski definition) is 5. The average molecular weight is 523 g/mol. The molecule has 0 aliphatic carbocycles. The molecule has 0 fully saturated rings. The normalized spacial score (nSPS) is 12.4. The van der Waals surface area contributed by atoms with Crippen molar-refractivity contribution in [1.29, 1.82) is 0 Å². The van der Waals surface area contributed by atoms with Gasteiger partial charge in [-0.2, -0.15) is 12.7 Å². The molecule has 0 saturated heterocycles. The molecule has 0 aliphatic heterocycles. The van der Waals surface area contributed by atoms with Crippen molar-refractivity contribution in [1.82, 2.24) is 14.5 Å². The van der Waals surface area contributed by atoms with Gasteiger partial charge < -0.3 is 15.0 Å². The number of rotatable bonds is 12. The van der Waals surface area contributed by atoms with Crippen LogP contribution in [0.25, 0.3) is 0 Å². The number of benzene rings is 2. The Bertz CT molecular complexity index is 1160. The van der Waals surface area contributed by atoms with E-state index in [0.29, 0.717) is 22.2 Å². The summed E-state index contributed by atoms with van der Waals surface area (Å²) in [5, 5.41) is 2.81. The number of amides is 2. The maximum atomic E-state index is 14.7. The molecule has 1 atom stereocenters. The molecule has 198 valence electrons. The Labute approximate surface area is 213 Å². The van der Waals surface area contributed by atoms with Crippen LogP contribution in [0.2, 0.25) is 0 Å². The smallest absolute Gasteiger partial charge is 0.304 e. The molecule has 2 aromatic rings. The van der Waals surface area contributed by atoms with E-state index in [1.165, 1.54) is 44.3 Å². The molecule has 0 heterocycles. The summed E-state index contributed by atoms with van der Waals surface area (Å²) in [7, 11) is -0.129. The first-order valence-electron chi connectivity index (χ1n) is 11.5. The SMILES string of the molecule is COc1cccc(CN(C(=O)CN(c2ccccc2F)S(=O)(=O)N(C)C)[C@H](C)C(=O)NCC(C)C)c1. The number of halogens is 1. The molecule has 36 heavy (non-hydrogen) atoms. The first-order valence-corrected chi connectivity index (χ1v) is 12.9.